The molecule has 36 heavy (non-hydrogen) atoms. The highest BCUT2D eigenvalue weighted by molar-refractivity contribution is 5.92. The topological polar surface area (TPSA) is 94.8 Å². The predicted molar refractivity (Wildman–Crippen MR) is 120 cm³/mol. The van der Waals surface area contributed by atoms with Gasteiger partial charge in [0.2, 0.25) is 12.2 Å². The van der Waals surface area contributed by atoms with Crippen molar-refractivity contribution in [3.05, 3.63) is 53.4 Å². The van der Waals surface area contributed by atoms with Crippen molar-refractivity contribution < 1.29 is 41.0 Å². The van der Waals surface area contributed by atoms with Crippen molar-refractivity contribution in [2.45, 2.75) is 50.4 Å². The number of halogens is 5. The lowest BCUT2D eigenvalue weighted by Gasteiger charge is -2.32. The first-order chi connectivity index (χ1) is 16.9. The Labute approximate surface area is 204 Å². The first kappa shape index (κ1) is 27.3. The van der Waals surface area contributed by atoms with Crippen LogP contribution in [0.5, 0.6) is 5.75 Å². The number of pyridine rings is 1. The molecular formula is C24H26F5N3O4. The van der Waals surface area contributed by atoms with E-state index < -0.39 is 41.2 Å². The van der Waals surface area contributed by atoms with Gasteiger partial charge in [-0.2, -0.15) is 17.6 Å². The van der Waals surface area contributed by atoms with Gasteiger partial charge in [0.1, 0.15) is 5.69 Å². The molecule has 4 rings (SSSR count). The summed E-state index contributed by atoms with van der Waals surface area (Å²) in [4.78, 5) is 27.2. The predicted octanol–water partition coefficient (Wildman–Crippen LogP) is 4.35. The number of hydrogen-bond donors (Lipinski definition) is 1. The summed E-state index contributed by atoms with van der Waals surface area (Å²) in [5, 5.41) is 0. The van der Waals surface area contributed by atoms with Crippen molar-refractivity contribution in [1.82, 2.24) is 4.98 Å². The molecule has 2 N–H and O–H groups in total. The quantitative estimate of drug-likeness (QED) is 0.456. The van der Waals surface area contributed by atoms with E-state index in [1.165, 1.54) is 25.3 Å². The number of benzene rings is 1. The minimum atomic E-state index is -4.55. The highest BCUT2D eigenvalue weighted by atomic mass is 19.4. The summed E-state index contributed by atoms with van der Waals surface area (Å²) in [6.07, 6.45) is -0.279. The number of carbonyl (C=O) groups is 2. The third-order valence-corrected chi connectivity index (χ3v) is 6.63. The molecule has 0 radical (unpaired) electrons. The molecule has 1 saturated heterocycles. The van der Waals surface area contributed by atoms with E-state index in [1.54, 1.807) is 11.0 Å². The Balaban J connectivity index is 0.000000212. The van der Waals surface area contributed by atoms with Crippen LogP contribution >= 0.6 is 0 Å². The van der Waals surface area contributed by atoms with E-state index in [4.69, 9.17) is 15.2 Å². The minimum Gasteiger partial charge on any atom is -0.493 e. The molecule has 2 amide bonds. The van der Waals surface area contributed by atoms with Crippen LogP contribution in [-0.2, 0) is 9.53 Å². The molecule has 1 aromatic carbocycles. The molecule has 2 heterocycles. The number of carbonyl (C=O) groups excluding carboxylic acids is 2. The lowest BCUT2D eigenvalue weighted by Crippen LogP contribution is -2.46. The Bertz CT molecular complexity index is 1130. The molecule has 1 saturated carbocycles. The van der Waals surface area contributed by atoms with Crippen LogP contribution in [0.15, 0.2) is 30.5 Å². The van der Waals surface area contributed by atoms with E-state index in [9.17, 15) is 31.5 Å². The first-order valence-electron chi connectivity index (χ1n) is 11.1. The number of aromatic nitrogens is 1. The summed E-state index contributed by atoms with van der Waals surface area (Å²) >= 11 is 0. The van der Waals surface area contributed by atoms with Gasteiger partial charge in [0.25, 0.3) is 5.91 Å². The zero-order chi connectivity index (χ0) is 26.8. The summed E-state index contributed by atoms with van der Waals surface area (Å²) in [5.74, 6) is -4.97. The van der Waals surface area contributed by atoms with Gasteiger partial charge in [-0.05, 0) is 38.0 Å². The second kappa shape index (κ2) is 10.4. The zero-order valence-corrected chi connectivity index (χ0v) is 19.8. The van der Waals surface area contributed by atoms with Gasteiger partial charge in [0.15, 0.2) is 17.2 Å². The van der Waals surface area contributed by atoms with Crippen molar-refractivity contribution in [1.29, 1.82) is 0 Å². The Kier molecular flexibility index (Phi) is 7.87. The Morgan fingerprint density at radius 2 is 1.94 bits per heavy atom. The number of ether oxygens (including phenoxy) is 2. The second-order valence-corrected chi connectivity index (χ2v) is 8.80. The molecule has 3 atom stereocenters. The fourth-order valence-corrected chi connectivity index (χ4v) is 4.09. The summed E-state index contributed by atoms with van der Waals surface area (Å²) in [5.41, 5.74) is 3.82. The SMILES string of the molecule is COc1c(C2CO[C@@](C)(C(F)(F)F)C2C)ccc(F)c1F.NC(=O)c1cc(N(C=O)C2CC2)ccn1. The summed E-state index contributed by atoms with van der Waals surface area (Å²) in [6.45, 7) is 2.11. The van der Waals surface area contributed by atoms with E-state index in [2.05, 4.69) is 4.98 Å². The smallest absolute Gasteiger partial charge is 0.417 e. The number of amides is 2. The van der Waals surface area contributed by atoms with Crippen LogP contribution in [0, 0.1) is 17.6 Å². The van der Waals surface area contributed by atoms with Gasteiger partial charge in [-0.15, -0.1) is 0 Å². The lowest BCUT2D eigenvalue weighted by atomic mass is 9.79. The Hall–Kier alpha value is -3.28. The van der Waals surface area contributed by atoms with Gasteiger partial charge < -0.3 is 20.1 Å². The number of nitrogens with zero attached hydrogens (tertiary/aromatic N) is 2. The zero-order valence-electron chi connectivity index (χ0n) is 19.8. The van der Waals surface area contributed by atoms with Crippen LogP contribution in [0.1, 0.15) is 48.7 Å². The normalized spacial score (nSPS) is 23.4. The average molecular weight is 515 g/mol. The second-order valence-electron chi connectivity index (χ2n) is 8.80. The lowest BCUT2D eigenvalue weighted by molar-refractivity contribution is -0.266. The van der Waals surface area contributed by atoms with Crippen molar-refractivity contribution in [3.63, 3.8) is 0 Å². The number of nitrogens with two attached hydrogens (primary N) is 1. The summed E-state index contributed by atoms with van der Waals surface area (Å²) in [7, 11) is 1.14. The van der Waals surface area contributed by atoms with Crippen LogP contribution in [0.4, 0.5) is 27.6 Å². The molecule has 2 aliphatic rings. The maximum atomic E-state index is 13.7. The fraction of sp³-hybridized carbons (Fsp3) is 0.458. The summed E-state index contributed by atoms with van der Waals surface area (Å²) < 4.78 is 76.0. The van der Waals surface area contributed by atoms with E-state index in [0.717, 1.165) is 39.4 Å². The van der Waals surface area contributed by atoms with E-state index in [-0.39, 0.29) is 29.7 Å². The highest BCUT2D eigenvalue weighted by Gasteiger charge is 2.61. The average Bonchev–Trinajstić information content (AvgIpc) is 3.61. The number of primary amides is 1. The van der Waals surface area contributed by atoms with Gasteiger partial charge in [0.05, 0.1) is 13.7 Å². The highest BCUT2D eigenvalue weighted by Crippen LogP contribution is 2.51. The molecule has 1 aromatic heterocycles. The van der Waals surface area contributed by atoms with Gasteiger partial charge >= 0.3 is 6.18 Å². The van der Waals surface area contributed by atoms with Gasteiger partial charge in [-0.3, -0.25) is 14.6 Å². The van der Waals surface area contributed by atoms with Gasteiger partial charge in [-0.1, -0.05) is 13.0 Å². The van der Waals surface area contributed by atoms with E-state index in [0.29, 0.717) is 5.69 Å². The molecule has 0 bridgehead atoms. The molecule has 12 heteroatoms. The van der Waals surface area contributed by atoms with Crippen molar-refractivity contribution in [2.75, 3.05) is 18.6 Å². The number of methoxy groups -OCH3 is 1. The van der Waals surface area contributed by atoms with Crippen LogP contribution < -0.4 is 15.4 Å². The Morgan fingerprint density at radius 3 is 2.44 bits per heavy atom. The minimum absolute atomic E-state index is 0.178. The maximum absolute atomic E-state index is 13.7. The fourth-order valence-electron chi connectivity index (χ4n) is 4.09. The van der Waals surface area contributed by atoms with Crippen LogP contribution in [0.25, 0.3) is 0 Å². The standard InChI is InChI=1S/C14H15F5O2.C10H11N3O2/c1-7-9(6-21-13(7,2)14(17,18)19)8-4-5-10(15)11(16)12(8)20-3;11-10(15)9-5-8(3-4-12-9)13(6-14)7-1-2-7/h4-5,7,9H,6H2,1-3H3;3-7H,1-2H2,(H2,11,15)/t7?,9?,13-;/m1./s1. The molecule has 2 unspecified atom stereocenters. The maximum Gasteiger partial charge on any atom is 0.417 e. The van der Waals surface area contributed by atoms with Crippen molar-refractivity contribution in [2.24, 2.45) is 11.7 Å². The molecule has 7 nitrogen and oxygen atoms in total. The number of hydrogen-bond acceptors (Lipinski definition) is 5. The number of anilines is 1. The molecule has 1 aliphatic carbocycles. The van der Waals surface area contributed by atoms with E-state index >= 15 is 0 Å². The molecule has 2 fully saturated rings. The first-order valence-corrected chi connectivity index (χ1v) is 11.1. The molecular weight excluding hydrogens is 489 g/mol. The van der Waals surface area contributed by atoms with Crippen LogP contribution in [-0.4, -0.2) is 48.8 Å². The van der Waals surface area contributed by atoms with E-state index in [1.807, 2.05) is 0 Å². The van der Waals surface area contributed by atoms with Gasteiger partial charge in [-0.25, -0.2) is 4.39 Å². The van der Waals surface area contributed by atoms with Crippen LogP contribution in [0.3, 0.4) is 0 Å². The largest absolute Gasteiger partial charge is 0.493 e. The third-order valence-electron chi connectivity index (χ3n) is 6.63. The van der Waals surface area contributed by atoms with Crippen molar-refractivity contribution in [3.8, 4) is 5.75 Å². The Morgan fingerprint density at radius 1 is 1.28 bits per heavy atom. The molecule has 196 valence electrons. The van der Waals surface area contributed by atoms with Crippen LogP contribution in [0.2, 0.25) is 0 Å². The van der Waals surface area contributed by atoms with Gasteiger partial charge in [0, 0.05) is 35.3 Å². The summed E-state index contributed by atoms with van der Waals surface area (Å²) in [6, 6.07) is 5.62. The molecule has 2 aromatic rings. The van der Waals surface area contributed by atoms with Crippen molar-refractivity contribution >= 4 is 18.0 Å². The number of rotatable bonds is 6. The molecule has 1 aliphatic heterocycles. The monoisotopic (exact) mass is 515 g/mol. The third kappa shape index (κ3) is 5.28. The molecule has 0 spiro atoms. The number of alkyl halides is 3.